The van der Waals surface area contributed by atoms with Crippen molar-refractivity contribution in [1.82, 2.24) is 0 Å². The van der Waals surface area contributed by atoms with Crippen molar-refractivity contribution in [2.45, 2.75) is 221 Å². The van der Waals surface area contributed by atoms with E-state index in [1.807, 2.05) is 21.1 Å². The summed E-state index contributed by atoms with van der Waals surface area (Å²) in [6, 6.07) is 2.23. The van der Waals surface area contributed by atoms with Crippen LogP contribution < -0.4 is 0 Å². The van der Waals surface area contributed by atoms with E-state index in [1.165, 1.54) is 99.5 Å². The van der Waals surface area contributed by atoms with Gasteiger partial charge >= 0.3 is 19.8 Å². The van der Waals surface area contributed by atoms with Gasteiger partial charge in [-0.3, -0.25) is 18.6 Å². The van der Waals surface area contributed by atoms with Gasteiger partial charge < -0.3 is 27.7 Å². The van der Waals surface area contributed by atoms with E-state index in [9.17, 15) is 19.0 Å². The lowest BCUT2D eigenvalue weighted by atomic mass is 10.0. The number of phosphoric acid groups is 1. The lowest BCUT2D eigenvalue weighted by molar-refractivity contribution is -0.870. The monoisotopic (exact) mass is 909 g/mol. The number of ether oxygens (including phenoxy) is 2. The fourth-order valence-corrected chi connectivity index (χ4v) is 8.48. The van der Waals surface area contributed by atoms with Crippen molar-refractivity contribution in [3.63, 3.8) is 0 Å². The standard InChI is InChI=1S/C51H90NO10P/c1-9-11-25-31-45-39-42(3)47(60-45)32-27-21-17-15-13-14-16-18-23-29-35-50(53)57-40-46(41-59-63(55,56)58-38-37-52(6,7)8)61-51(54)36-30-24-20-19-22-28-34-49-44(5)43(4)48(62-49)33-26-12-10-2/h39,46H,9-38,40-41H2,1-8H3/p+1. The van der Waals surface area contributed by atoms with Gasteiger partial charge in [0, 0.05) is 38.5 Å². The second kappa shape index (κ2) is 33.1. The molecular weight excluding hydrogens is 818 g/mol. The number of carbonyl (C=O) groups excluding carboxylic acids is 2. The highest BCUT2D eigenvalue weighted by molar-refractivity contribution is 7.47. The first-order valence-electron chi connectivity index (χ1n) is 25.1. The van der Waals surface area contributed by atoms with E-state index in [0.717, 1.165) is 101 Å². The summed E-state index contributed by atoms with van der Waals surface area (Å²) in [4.78, 5) is 35.7. The molecule has 0 saturated carbocycles. The lowest BCUT2D eigenvalue weighted by Crippen LogP contribution is -2.37. The number of quaternary nitrogens is 1. The van der Waals surface area contributed by atoms with Gasteiger partial charge in [0.15, 0.2) is 6.10 Å². The van der Waals surface area contributed by atoms with Crippen molar-refractivity contribution in [1.29, 1.82) is 0 Å². The van der Waals surface area contributed by atoms with Crippen LogP contribution >= 0.6 is 7.82 Å². The van der Waals surface area contributed by atoms with Crippen LogP contribution in [0.5, 0.6) is 0 Å². The van der Waals surface area contributed by atoms with Crippen LogP contribution in [0, 0.1) is 20.8 Å². The number of likely N-dealkylation sites (N-methyl/N-ethyl adjacent to an activating group) is 1. The van der Waals surface area contributed by atoms with E-state index < -0.39 is 26.5 Å². The molecule has 2 heterocycles. The molecule has 0 radical (unpaired) electrons. The Morgan fingerprint density at radius 1 is 0.603 bits per heavy atom. The van der Waals surface area contributed by atoms with Crippen LogP contribution in [0.4, 0.5) is 0 Å². The number of aryl methyl sites for hydroxylation is 5. The lowest BCUT2D eigenvalue weighted by Gasteiger charge is -2.24. The van der Waals surface area contributed by atoms with E-state index in [-0.39, 0.29) is 32.0 Å². The summed E-state index contributed by atoms with van der Waals surface area (Å²) in [6.45, 7) is 10.8. The maximum atomic E-state index is 12.8. The Bertz CT molecular complexity index is 1560. The predicted octanol–water partition coefficient (Wildman–Crippen LogP) is 13.4. The number of furan rings is 2. The minimum atomic E-state index is -4.40. The van der Waals surface area contributed by atoms with Crippen LogP contribution in [0.3, 0.4) is 0 Å². The number of nitrogens with zero attached hydrogens (tertiary/aromatic N) is 1. The molecule has 1 N–H and O–H groups in total. The Morgan fingerprint density at radius 3 is 1.59 bits per heavy atom. The van der Waals surface area contributed by atoms with Crippen molar-refractivity contribution >= 4 is 19.8 Å². The summed E-state index contributed by atoms with van der Waals surface area (Å²) in [5.41, 5.74) is 3.90. The minimum absolute atomic E-state index is 0.0197. The number of phosphoric ester groups is 1. The Labute approximate surface area is 383 Å². The number of rotatable bonds is 40. The van der Waals surface area contributed by atoms with Crippen LogP contribution in [0.1, 0.15) is 208 Å². The average molecular weight is 909 g/mol. The van der Waals surface area contributed by atoms with Crippen LogP contribution in [0.2, 0.25) is 0 Å². The van der Waals surface area contributed by atoms with Gasteiger partial charge in [-0.2, -0.15) is 0 Å². The fourth-order valence-electron chi connectivity index (χ4n) is 7.74. The van der Waals surface area contributed by atoms with Crippen molar-refractivity contribution in [2.24, 2.45) is 0 Å². The first-order valence-corrected chi connectivity index (χ1v) is 26.6. The maximum absolute atomic E-state index is 12.8. The van der Waals surface area contributed by atoms with Gasteiger partial charge in [-0.1, -0.05) is 117 Å². The van der Waals surface area contributed by atoms with Crippen LogP contribution in [-0.4, -0.2) is 74.9 Å². The average Bonchev–Trinajstić information content (AvgIpc) is 3.72. The van der Waals surface area contributed by atoms with Crippen molar-refractivity contribution in [2.75, 3.05) is 47.5 Å². The molecule has 0 amide bonds. The summed E-state index contributed by atoms with van der Waals surface area (Å²) in [6.07, 6.45) is 27.9. The fraction of sp³-hybridized carbons (Fsp3) is 0.804. The first kappa shape index (κ1) is 56.7. The van der Waals surface area contributed by atoms with Gasteiger partial charge in [0.2, 0.25) is 0 Å². The summed E-state index contributed by atoms with van der Waals surface area (Å²) >= 11 is 0. The molecule has 0 saturated heterocycles. The van der Waals surface area contributed by atoms with Crippen LogP contribution in [0.25, 0.3) is 0 Å². The number of esters is 2. The Kier molecular flexibility index (Phi) is 29.8. The smallest absolute Gasteiger partial charge is 0.466 e. The van der Waals surface area contributed by atoms with E-state index in [0.29, 0.717) is 17.4 Å². The molecule has 63 heavy (non-hydrogen) atoms. The van der Waals surface area contributed by atoms with Crippen molar-refractivity contribution in [3.8, 4) is 0 Å². The maximum Gasteiger partial charge on any atom is 0.472 e. The number of hydrogen-bond donors (Lipinski definition) is 1. The molecule has 2 aromatic heterocycles. The Balaban J connectivity index is 1.62. The topological polar surface area (TPSA) is 135 Å². The predicted molar refractivity (Wildman–Crippen MR) is 254 cm³/mol. The third-order valence-electron chi connectivity index (χ3n) is 12.0. The van der Waals surface area contributed by atoms with Gasteiger partial charge in [-0.25, -0.2) is 4.57 Å². The molecule has 0 fully saturated rings. The van der Waals surface area contributed by atoms with E-state index >= 15 is 0 Å². The number of hydrogen-bond acceptors (Lipinski definition) is 9. The third kappa shape index (κ3) is 27.6. The molecule has 0 aliphatic rings. The molecule has 2 atom stereocenters. The summed E-state index contributed by atoms with van der Waals surface area (Å²) < 4.78 is 46.9. The van der Waals surface area contributed by atoms with Gasteiger partial charge in [0.25, 0.3) is 0 Å². The van der Waals surface area contributed by atoms with Crippen molar-refractivity contribution in [3.05, 3.63) is 45.8 Å². The van der Waals surface area contributed by atoms with Crippen LogP contribution in [0.15, 0.2) is 14.9 Å². The second-order valence-electron chi connectivity index (χ2n) is 19.0. The molecule has 0 spiro atoms. The normalized spacial score (nSPS) is 13.3. The van der Waals surface area contributed by atoms with Crippen LogP contribution in [-0.2, 0) is 58.4 Å². The van der Waals surface area contributed by atoms with Gasteiger partial charge in [0.05, 0.1) is 27.7 Å². The zero-order valence-electron chi connectivity index (χ0n) is 41.3. The summed E-state index contributed by atoms with van der Waals surface area (Å²) in [5.74, 6) is 3.76. The van der Waals surface area contributed by atoms with Gasteiger partial charge in [-0.05, 0) is 82.1 Å². The highest BCUT2D eigenvalue weighted by atomic mass is 31.2. The Morgan fingerprint density at radius 2 is 1.06 bits per heavy atom. The molecule has 0 aromatic carbocycles. The first-order chi connectivity index (χ1) is 30.1. The molecule has 2 rings (SSSR count). The molecule has 11 nitrogen and oxygen atoms in total. The second-order valence-corrected chi connectivity index (χ2v) is 20.4. The molecule has 2 unspecified atom stereocenters. The quantitative estimate of drug-likeness (QED) is 0.0298. The summed E-state index contributed by atoms with van der Waals surface area (Å²) in [7, 11) is 1.44. The Hall–Kier alpha value is -2.43. The molecular formula is C51H91NO10P+. The zero-order valence-corrected chi connectivity index (χ0v) is 42.2. The van der Waals surface area contributed by atoms with E-state index in [2.05, 4.69) is 40.7 Å². The largest absolute Gasteiger partial charge is 0.472 e. The zero-order chi connectivity index (χ0) is 46.4. The minimum Gasteiger partial charge on any atom is -0.466 e. The van der Waals surface area contributed by atoms with E-state index in [1.54, 1.807) is 0 Å². The number of unbranched alkanes of at least 4 members (excludes halogenated alkanes) is 18. The highest BCUT2D eigenvalue weighted by Gasteiger charge is 2.27. The van der Waals surface area contributed by atoms with E-state index in [4.69, 9.17) is 27.4 Å². The molecule has 12 heteroatoms. The number of carbonyl (C=O) groups is 2. The van der Waals surface area contributed by atoms with Gasteiger partial charge in [-0.15, -0.1) is 0 Å². The van der Waals surface area contributed by atoms with Gasteiger partial charge in [0.1, 0.15) is 42.8 Å². The molecule has 0 aliphatic carbocycles. The molecule has 0 bridgehead atoms. The highest BCUT2D eigenvalue weighted by Crippen LogP contribution is 2.43. The molecule has 0 aliphatic heterocycles. The summed E-state index contributed by atoms with van der Waals surface area (Å²) in [5, 5.41) is 0. The van der Waals surface area contributed by atoms with Crippen molar-refractivity contribution < 1.29 is 50.9 Å². The SMILES string of the molecule is CCCCCc1cc(C)c(CCCCCCCCCCCCC(=O)OCC(COP(=O)(O)OCC[N+](C)(C)C)OC(=O)CCCCCCCCc2oc(CCCCC)c(C)c2C)o1. The third-order valence-corrected chi connectivity index (χ3v) is 13.0. The molecule has 2 aromatic rings. The molecule has 364 valence electrons.